The quantitative estimate of drug-likeness (QED) is 0.176. The highest BCUT2D eigenvalue weighted by Gasteiger charge is 2.20. The minimum atomic E-state index is -0.126. The Morgan fingerprint density at radius 2 is 0.929 bits per heavy atom. The lowest BCUT2D eigenvalue weighted by molar-refractivity contribution is -0.158. The lowest BCUT2D eigenvalue weighted by atomic mass is 9.96. The van der Waals surface area contributed by atoms with Crippen LogP contribution in [0.25, 0.3) is 0 Å². The van der Waals surface area contributed by atoms with Crippen LogP contribution >= 0.6 is 0 Å². The molecule has 0 aliphatic rings. The van der Waals surface area contributed by atoms with E-state index in [1.165, 1.54) is 38.5 Å². The van der Waals surface area contributed by atoms with Crippen LogP contribution in [0.2, 0.25) is 0 Å². The first-order valence-electron chi connectivity index (χ1n) is 11.9. The Morgan fingerprint density at radius 1 is 0.536 bits per heavy atom. The topological polar surface area (TPSA) is 52.6 Å². The van der Waals surface area contributed by atoms with Gasteiger partial charge in [0.05, 0.1) is 11.8 Å². The van der Waals surface area contributed by atoms with Crippen molar-refractivity contribution in [3.63, 3.8) is 0 Å². The summed E-state index contributed by atoms with van der Waals surface area (Å²) in [5.74, 6) is -0.272. The summed E-state index contributed by atoms with van der Waals surface area (Å²) >= 11 is 0. The predicted octanol–water partition coefficient (Wildman–Crippen LogP) is 6.85. The first-order chi connectivity index (χ1) is 13.6. The molecular formula is C24H46O4. The standard InChI is InChI=1S/C24H46O4/c1-5-9-11-13-17-21(15-7-3)23(25)27-19-20-28-24(26)22(16-8-4)18-14-12-10-6-2/h21-22H,5-20H2,1-4H3/t21-,22-/m1/s1. The van der Waals surface area contributed by atoms with Crippen molar-refractivity contribution in [2.24, 2.45) is 11.8 Å². The zero-order valence-electron chi connectivity index (χ0n) is 19.1. The number of unbranched alkanes of at least 4 members (excludes halogenated alkanes) is 6. The van der Waals surface area contributed by atoms with Crippen molar-refractivity contribution >= 4 is 11.9 Å². The maximum atomic E-state index is 12.3. The third kappa shape index (κ3) is 14.0. The Labute approximate surface area is 174 Å². The van der Waals surface area contributed by atoms with Gasteiger partial charge in [-0.3, -0.25) is 9.59 Å². The maximum absolute atomic E-state index is 12.3. The molecule has 28 heavy (non-hydrogen) atoms. The SMILES string of the molecule is CCCCCC[C@@H](CCC)C(=O)OCCOC(=O)[C@H](CCC)CCCCCC. The summed E-state index contributed by atoms with van der Waals surface area (Å²) in [4.78, 5) is 24.6. The van der Waals surface area contributed by atoms with Gasteiger partial charge in [0.15, 0.2) is 0 Å². The molecule has 0 aliphatic heterocycles. The van der Waals surface area contributed by atoms with Crippen LogP contribution in [0.4, 0.5) is 0 Å². The lowest BCUT2D eigenvalue weighted by Gasteiger charge is -2.17. The molecule has 166 valence electrons. The number of carbonyl (C=O) groups excluding carboxylic acids is 2. The molecule has 0 heterocycles. The molecule has 0 aromatic carbocycles. The Hall–Kier alpha value is -1.06. The predicted molar refractivity (Wildman–Crippen MR) is 116 cm³/mol. The van der Waals surface area contributed by atoms with Gasteiger partial charge in [0.1, 0.15) is 13.2 Å². The number of ether oxygens (including phenoxy) is 2. The highest BCUT2D eigenvalue weighted by Crippen LogP contribution is 2.19. The van der Waals surface area contributed by atoms with Gasteiger partial charge >= 0.3 is 11.9 Å². The van der Waals surface area contributed by atoms with Crippen LogP contribution in [0, 0.1) is 11.8 Å². The van der Waals surface area contributed by atoms with E-state index >= 15 is 0 Å². The Morgan fingerprint density at radius 3 is 1.25 bits per heavy atom. The van der Waals surface area contributed by atoms with Crippen LogP contribution in [0.1, 0.15) is 118 Å². The maximum Gasteiger partial charge on any atom is 0.309 e. The van der Waals surface area contributed by atoms with Crippen LogP contribution in [0.5, 0.6) is 0 Å². The average Bonchev–Trinajstić information content (AvgIpc) is 2.69. The van der Waals surface area contributed by atoms with Crippen molar-refractivity contribution in [2.75, 3.05) is 13.2 Å². The Balaban J connectivity index is 4.14. The Kier molecular flexibility index (Phi) is 18.5. The summed E-state index contributed by atoms with van der Waals surface area (Å²) in [6.45, 7) is 8.93. The van der Waals surface area contributed by atoms with E-state index in [2.05, 4.69) is 27.7 Å². The van der Waals surface area contributed by atoms with Gasteiger partial charge in [-0.15, -0.1) is 0 Å². The molecule has 0 aromatic rings. The molecule has 4 heteroatoms. The van der Waals surface area contributed by atoms with Gasteiger partial charge in [-0.1, -0.05) is 91.9 Å². The first-order valence-corrected chi connectivity index (χ1v) is 11.9. The summed E-state index contributed by atoms with van der Waals surface area (Å²) in [5, 5.41) is 0. The number of hydrogen-bond acceptors (Lipinski definition) is 4. The zero-order chi connectivity index (χ0) is 21.0. The van der Waals surface area contributed by atoms with E-state index in [9.17, 15) is 9.59 Å². The molecule has 0 fully saturated rings. The fraction of sp³-hybridized carbons (Fsp3) is 0.917. The van der Waals surface area contributed by atoms with Crippen molar-refractivity contribution in [1.82, 2.24) is 0 Å². The summed E-state index contributed by atoms with van der Waals surface area (Å²) in [7, 11) is 0. The van der Waals surface area contributed by atoms with Crippen LogP contribution in [0.15, 0.2) is 0 Å². The lowest BCUT2D eigenvalue weighted by Crippen LogP contribution is -2.23. The van der Waals surface area contributed by atoms with Crippen molar-refractivity contribution in [3.8, 4) is 0 Å². The molecule has 0 saturated heterocycles. The number of esters is 2. The second kappa shape index (κ2) is 19.3. The third-order valence-corrected chi connectivity index (χ3v) is 5.33. The molecule has 4 nitrogen and oxygen atoms in total. The highest BCUT2D eigenvalue weighted by atomic mass is 16.6. The van der Waals surface area contributed by atoms with Gasteiger partial charge in [0.25, 0.3) is 0 Å². The van der Waals surface area contributed by atoms with E-state index in [0.717, 1.165) is 51.4 Å². The molecule has 0 saturated carbocycles. The normalized spacial score (nSPS) is 13.1. The molecule has 0 spiro atoms. The van der Waals surface area contributed by atoms with E-state index in [0.29, 0.717) is 0 Å². The Bertz CT molecular complexity index is 345. The highest BCUT2D eigenvalue weighted by molar-refractivity contribution is 5.73. The van der Waals surface area contributed by atoms with Gasteiger partial charge < -0.3 is 9.47 Å². The smallest absolute Gasteiger partial charge is 0.309 e. The summed E-state index contributed by atoms with van der Waals surface area (Å²) in [5.41, 5.74) is 0. The number of carbonyl (C=O) groups is 2. The molecule has 2 atom stereocenters. The van der Waals surface area contributed by atoms with E-state index in [-0.39, 0.29) is 37.0 Å². The van der Waals surface area contributed by atoms with Gasteiger partial charge in [0, 0.05) is 0 Å². The molecule has 0 aromatic heterocycles. The number of hydrogen-bond donors (Lipinski definition) is 0. The van der Waals surface area contributed by atoms with Crippen LogP contribution < -0.4 is 0 Å². The first kappa shape index (κ1) is 26.9. The van der Waals surface area contributed by atoms with Crippen molar-refractivity contribution in [2.45, 2.75) is 118 Å². The molecule has 0 rings (SSSR count). The monoisotopic (exact) mass is 398 g/mol. The third-order valence-electron chi connectivity index (χ3n) is 5.33. The van der Waals surface area contributed by atoms with Crippen LogP contribution in [-0.2, 0) is 19.1 Å². The van der Waals surface area contributed by atoms with Crippen molar-refractivity contribution < 1.29 is 19.1 Å². The molecule has 0 radical (unpaired) electrons. The van der Waals surface area contributed by atoms with Crippen LogP contribution in [-0.4, -0.2) is 25.2 Å². The van der Waals surface area contributed by atoms with Gasteiger partial charge in [0.2, 0.25) is 0 Å². The average molecular weight is 399 g/mol. The molecule has 0 amide bonds. The van der Waals surface area contributed by atoms with Gasteiger partial charge in [-0.2, -0.15) is 0 Å². The van der Waals surface area contributed by atoms with E-state index in [4.69, 9.17) is 9.47 Å². The molecule has 0 bridgehead atoms. The summed E-state index contributed by atoms with van der Waals surface area (Å²) in [6.07, 6.45) is 14.9. The van der Waals surface area contributed by atoms with Crippen molar-refractivity contribution in [3.05, 3.63) is 0 Å². The van der Waals surface area contributed by atoms with E-state index in [1.807, 2.05) is 0 Å². The second-order valence-corrected chi connectivity index (χ2v) is 8.00. The van der Waals surface area contributed by atoms with Gasteiger partial charge in [-0.05, 0) is 25.7 Å². The van der Waals surface area contributed by atoms with Gasteiger partial charge in [-0.25, -0.2) is 0 Å². The second-order valence-electron chi connectivity index (χ2n) is 8.00. The molecule has 0 aliphatic carbocycles. The summed E-state index contributed by atoms with van der Waals surface area (Å²) < 4.78 is 10.8. The molecular weight excluding hydrogens is 352 g/mol. The zero-order valence-corrected chi connectivity index (χ0v) is 19.1. The van der Waals surface area contributed by atoms with Crippen LogP contribution in [0.3, 0.4) is 0 Å². The minimum absolute atomic E-state index is 0.0102. The summed E-state index contributed by atoms with van der Waals surface area (Å²) in [6, 6.07) is 0. The minimum Gasteiger partial charge on any atom is -0.462 e. The number of rotatable bonds is 19. The molecule has 0 unspecified atom stereocenters. The van der Waals surface area contributed by atoms with Crippen molar-refractivity contribution in [1.29, 1.82) is 0 Å². The van der Waals surface area contributed by atoms with E-state index < -0.39 is 0 Å². The molecule has 0 N–H and O–H groups in total. The van der Waals surface area contributed by atoms with E-state index in [1.54, 1.807) is 0 Å². The fourth-order valence-electron chi connectivity index (χ4n) is 3.61. The largest absolute Gasteiger partial charge is 0.462 e. The fourth-order valence-corrected chi connectivity index (χ4v) is 3.61.